The topological polar surface area (TPSA) is 93.2 Å². The van der Waals surface area contributed by atoms with E-state index in [1.165, 1.54) is 15.8 Å². The Morgan fingerprint density at radius 2 is 2.19 bits per heavy atom. The molecule has 16 heavy (non-hydrogen) atoms. The largest absolute Gasteiger partial charge is 0.396 e. The quantitative estimate of drug-likeness (QED) is 0.677. The summed E-state index contributed by atoms with van der Waals surface area (Å²) in [5.74, 6) is -0.596. The third kappa shape index (κ3) is 2.50. The molecule has 0 saturated carbocycles. The summed E-state index contributed by atoms with van der Waals surface area (Å²) in [6.45, 7) is -0.0591. The highest BCUT2D eigenvalue weighted by atomic mass is 16.2. The number of aromatic nitrogens is 2. The molecule has 2 amide bonds. The number of nitrogen functional groups attached to an aromatic ring is 1. The third-order valence-corrected chi connectivity index (χ3v) is 2.08. The molecule has 0 fully saturated rings. The highest BCUT2D eigenvalue weighted by molar-refractivity contribution is 5.99. The lowest BCUT2D eigenvalue weighted by Crippen LogP contribution is -2.37. The highest BCUT2D eigenvalue weighted by Gasteiger charge is 2.15. The minimum atomic E-state index is -0.410. The molecule has 1 heterocycles. The molecule has 7 heteroatoms. The van der Waals surface area contributed by atoms with Crippen LogP contribution in [-0.4, -0.2) is 47.1 Å². The lowest BCUT2D eigenvalue weighted by atomic mass is 10.3. The summed E-state index contributed by atoms with van der Waals surface area (Å²) < 4.78 is 1.37. The first kappa shape index (κ1) is 12.0. The van der Waals surface area contributed by atoms with Crippen LogP contribution in [0.2, 0.25) is 0 Å². The Morgan fingerprint density at radius 3 is 2.62 bits per heavy atom. The van der Waals surface area contributed by atoms with E-state index in [0.717, 1.165) is 0 Å². The van der Waals surface area contributed by atoms with Gasteiger partial charge in [0.2, 0.25) is 5.91 Å². The maximum absolute atomic E-state index is 11.7. The van der Waals surface area contributed by atoms with E-state index < -0.39 is 5.91 Å². The van der Waals surface area contributed by atoms with Crippen molar-refractivity contribution in [3.63, 3.8) is 0 Å². The van der Waals surface area contributed by atoms with Crippen LogP contribution in [0.1, 0.15) is 10.5 Å². The Morgan fingerprint density at radius 1 is 1.56 bits per heavy atom. The maximum atomic E-state index is 11.7. The Bertz CT molecular complexity index is 391. The van der Waals surface area contributed by atoms with Crippen LogP contribution in [0.5, 0.6) is 0 Å². The molecular weight excluding hydrogens is 210 g/mol. The number of nitrogens with two attached hydrogens (primary N) is 1. The van der Waals surface area contributed by atoms with Gasteiger partial charge in [0.05, 0.1) is 18.4 Å². The van der Waals surface area contributed by atoms with Crippen LogP contribution in [0.15, 0.2) is 6.20 Å². The molecular formula is C9H15N5O2. The van der Waals surface area contributed by atoms with Crippen molar-refractivity contribution in [3.05, 3.63) is 11.9 Å². The van der Waals surface area contributed by atoms with Crippen LogP contribution >= 0.6 is 0 Å². The standard InChI is InChI=1S/C9H15N5O2/c1-13(2)7(15)5-11-9(16)8-6(10)4-12-14(8)3/h4H,5,10H2,1-3H3,(H,11,16). The number of carbonyl (C=O) groups excluding carboxylic acids is 2. The Hall–Kier alpha value is -2.05. The van der Waals surface area contributed by atoms with Crippen molar-refractivity contribution in [1.82, 2.24) is 20.0 Å². The number of nitrogens with zero attached hydrogens (tertiary/aromatic N) is 3. The number of carbonyl (C=O) groups is 2. The number of hydrogen-bond acceptors (Lipinski definition) is 4. The second-order valence-corrected chi connectivity index (χ2v) is 3.54. The smallest absolute Gasteiger partial charge is 0.272 e. The van der Waals surface area contributed by atoms with Gasteiger partial charge < -0.3 is 16.0 Å². The normalized spacial score (nSPS) is 9.94. The summed E-state index contributed by atoms with van der Waals surface area (Å²) in [6, 6.07) is 0. The predicted molar refractivity (Wildman–Crippen MR) is 58.6 cm³/mol. The van der Waals surface area contributed by atoms with Crippen LogP contribution in [0, 0.1) is 0 Å². The fourth-order valence-corrected chi connectivity index (χ4v) is 1.13. The molecule has 88 valence electrons. The van der Waals surface area contributed by atoms with Crippen molar-refractivity contribution in [2.24, 2.45) is 7.05 Å². The molecule has 0 bridgehead atoms. The fraction of sp³-hybridized carbons (Fsp3) is 0.444. The number of rotatable bonds is 3. The van der Waals surface area contributed by atoms with E-state index in [9.17, 15) is 9.59 Å². The second kappa shape index (κ2) is 4.65. The minimum absolute atomic E-state index is 0.0591. The van der Waals surface area contributed by atoms with Gasteiger partial charge in [0.1, 0.15) is 5.69 Å². The van der Waals surface area contributed by atoms with Gasteiger partial charge in [-0.2, -0.15) is 5.10 Å². The molecule has 0 aromatic carbocycles. The molecule has 1 rings (SSSR count). The molecule has 0 radical (unpaired) electrons. The zero-order chi connectivity index (χ0) is 12.3. The lowest BCUT2D eigenvalue weighted by Gasteiger charge is -2.11. The van der Waals surface area contributed by atoms with Crippen LogP contribution in [0.25, 0.3) is 0 Å². The van der Waals surface area contributed by atoms with Crippen LogP contribution in [0.3, 0.4) is 0 Å². The molecule has 3 N–H and O–H groups in total. The first-order chi connectivity index (χ1) is 7.43. The molecule has 1 aromatic rings. The van der Waals surface area contributed by atoms with Crippen molar-refractivity contribution < 1.29 is 9.59 Å². The van der Waals surface area contributed by atoms with E-state index in [1.807, 2.05) is 0 Å². The van der Waals surface area contributed by atoms with Crippen molar-refractivity contribution in [2.45, 2.75) is 0 Å². The molecule has 0 saturated heterocycles. The molecule has 1 aromatic heterocycles. The van der Waals surface area contributed by atoms with Crippen LogP contribution in [-0.2, 0) is 11.8 Å². The van der Waals surface area contributed by atoms with Crippen LogP contribution in [0.4, 0.5) is 5.69 Å². The number of nitrogens with one attached hydrogen (secondary N) is 1. The maximum Gasteiger partial charge on any atom is 0.272 e. The third-order valence-electron chi connectivity index (χ3n) is 2.08. The Labute approximate surface area is 93.2 Å². The summed E-state index contributed by atoms with van der Waals surface area (Å²) in [4.78, 5) is 24.3. The fourth-order valence-electron chi connectivity index (χ4n) is 1.13. The zero-order valence-corrected chi connectivity index (χ0v) is 9.52. The van der Waals surface area contributed by atoms with E-state index >= 15 is 0 Å². The van der Waals surface area contributed by atoms with E-state index in [1.54, 1.807) is 21.1 Å². The summed E-state index contributed by atoms with van der Waals surface area (Å²) in [5.41, 5.74) is 6.11. The lowest BCUT2D eigenvalue weighted by molar-refractivity contribution is -0.127. The molecule has 0 spiro atoms. The molecule has 0 aliphatic carbocycles. The molecule has 0 atom stereocenters. The van der Waals surface area contributed by atoms with Gasteiger partial charge in [0.15, 0.2) is 0 Å². The number of anilines is 1. The second-order valence-electron chi connectivity index (χ2n) is 3.54. The number of aryl methyl sites for hydroxylation is 1. The number of likely N-dealkylation sites (N-methyl/N-ethyl adjacent to an activating group) is 1. The summed E-state index contributed by atoms with van der Waals surface area (Å²) >= 11 is 0. The molecule has 0 aliphatic heterocycles. The average molecular weight is 225 g/mol. The van der Waals surface area contributed by atoms with Gasteiger partial charge in [0, 0.05) is 21.1 Å². The zero-order valence-electron chi connectivity index (χ0n) is 9.52. The van der Waals surface area contributed by atoms with E-state index in [0.29, 0.717) is 0 Å². The average Bonchev–Trinajstić information content (AvgIpc) is 2.54. The molecule has 0 aliphatic rings. The first-order valence-corrected chi connectivity index (χ1v) is 4.69. The highest BCUT2D eigenvalue weighted by Crippen LogP contribution is 2.08. The van der Waals surface area contributed by atoms with Crippen LogP contribution < -0.4 is 11.1 Å². The molecule has 0 unspecified atom stereocenters. The van der Waals surface area contributed by atoms with E-state index in [2.05, 4.69) is 10.4 Å². The van der Waals surface area contributed by atoms with E-state index in [4.69, 9.17) is 5.73 Å². The van der Waals surface area contributed by atoms with Crippen molar-refractivity contribution in [1.29, 1.82) is 0 Å². The predicted octanol–water partition coefficient (Wildman–Crippen LogP) is -1.18. The number of amides is 2. The molecule has 7 nitrogen and oxygen atoms in total. The summed E-state index contributed by atoms with van der Waals surface area (Å²) in [5, 5.41) is 6.31. The Kier molecular flexibility index (Phi) is 3.49. The Balaban J connectivity index is 2.64. The van der Waals surface area contributed by atoms with Crippen molar-refractivity contribution in [3.8, 4) is 0 Å². The minimum Gasteiger partial charge on any atom is -0.396 e. The van der Waals surface area contributed by atoms with Gasteiger partial charge in [-0.15, -0.1) is 0 Å². The SMILES string of the molecule is CN(C)C(=O)CNC(=O)c1c(N)cnn1C. The first-order valence-electron chi connectivity index (χ1n) is 4.69. The van der Waals surface area contributed by atoms with Gasteiger partial charge in [-0.1, -0.05) is 0 Å². The monoisotopic (exact) mass is 225 g/mol. The van der Waals surface area contributed by atoms with Gasteiger partial charge >= 0.3 is 0 Å². The summed E-state index contributed by atoms with van der Waals surface area (Å²) in [7, 11) is 4.85. The van der Waals surface area contributed by atoms with Crippen molar-refractivity contribution in [2.75, 3.05) is 26.4 Å². The van der Waals surface area contributed by atoms with Gasteiger partial charge in [-0.05, 0) is 0 Å². The van der Waals surface area contributed by atoms with E-state index in [-0.39, 0.29) is 23.8 Å². The summed E-state index contributed by atoms with van der Waals surface area (Å²) in [6.07, 6.45) is 1.39. The van der Waals surface area contributed by atoms with Gasteiger partial charge in [-0.3, -0.25) is 14.3 Å². The number of hydrogen-bond donors (Lipinski definition) is 2. The van der Waals surface area contributed by atoms with Gasteiger partial charge in [0.25, 0.3) is 5.91 Å². The van der Waals surface area contributed by atoms with Crippen molar-refractivity contribution >= 4 is 17.5 Å². The van der Waals surface area contributed by atoms with Gasteiger partial charge in [-0.25, -0.2) is 0 Å².